The van der Waals surface area contributed by atoms with Gasteiger partial charge in [-0.15, -0.1) is 0 Å². The normalized spacial score (nSPS) is 32.2. The Bertz CT molecular complexity index is 495. The lowest BCUT2D eigenvalue weighted by Crippen LogP contribution is -2.37. The Hall–Kier alpha value is -1.32. The maximum Gasteiger partial charge on any atom is 0.226 e. The van der Waals surface area contributed by atoms with Crippen LogP contribution in [0.2, 0.25) is 0 Å². The molecule has 4 nitrogen and oxygen atoms in total. The highest BCUT2D eigenvalue weighted by atomic mass is 16.2. The van der Waals surface area contributed by atoms with Crippen molar-refractivity contribution in [1.82, 2.24) is 14.5 Å². The number of rotatable bonds is 4. The first-order chi connectivity index (χ1) is 9.22. The van der Waals surface area contributed by atoms with E-state index in [-0.39, 0.29) is 0 Å². The summed E-state index contributed by atoms with van der Waals surface area (Å²) < 4.78 is 2.02. The summed E-state index contributed by atoms with van der Waals surface area (Å²) in [5.41, 5.74) is 0. The minimum atomic E-state index is 0.310. The molecule has 0 aliphatic heterocycles. The maximum atomic E-state index is 12.7. The minimum Gasteiger partial charge on any atom is -0.337 e. The zero-order valence-corrected chi connectivity index (χ0v) is 11.5. The molecule has 3 saturated carbocycles. The van der Waals surface area contributed by atoms with E-state index in [1.807, 2.05) is 24.0 Å². The average molecular weight is 259 g/mol. The van der Waals surface area contributed by atoms with E-state index in [0.29, 0.717) is 24.4 Å². The molecule has 0 radical (unpaired) electrons. The van der Waals surface area contributed by atoms with Crippen molar-refractivity contribution >= 4 is 5.91 Å². The predicted octanol–water partition coefficient (Wildman–Crippen LogP) is 1.96. The van der Waals surface area contributed by atoms with Crippen molar-refractivity contribution in [2.24, 2.45) is 24.8 Å². The second-order valence-electron chi connectivity index (χ2n) is 6.58. The number of aromatic nitrogens is 2. The summed E-state index contributed by atoms with van der Waals surface area (Å²) in [6.07, 6.45) is 9.80. The molecule has 3 aliphatic carbocycles. The molecule has 0 bridgehead atoms. The zero-order valence-electron chi connectivity index (χ0n) is 11.5. The summed E-state index contributed by atoms with van der Waals surface area (Å²) in [5.74, 6) is 3.47. The number of imidazole rings is 1. The van der Waals surface area contributed by atoms with E-state index in [0.717, 1.165) is 30.5 Å². The molecule has 2 unspecified atom stereocenters. The van der Waals surface area contributed by atoms with Crippen LogP contribution in [0.25, 0.3) is 0 Å². The van der Waals surface area contributed by atoms with Gasteiger partial charge in [-0.2, -0.15) is 0 Å². The summed E-state index contributed by atoms with van der Waals surface area (Å²) in [4.78, 5) is 19.2. The van der Waals surface area contributed by atoms with Crippen LogP contribution in [-0.4, -0.2) is 26.4 Å². The number of nitrogens with zero attached hydrogens (tertiary/aromatic N) is 3. The van der Waals surface area contributed by atoms with Crippen molar-refractivity contribution < 1.29 is 4.79 Å². The Morgan fingerprint density at radius 1 is 1.37 bits per heavy atom. The van der Waals surface area contributed by atoms with E-state index in [1.54, 1.807) is 0 Å². The topological polar surface area (TPSA) is 38.1 Å². The number of hydrogen-bond acceptors (Lipinski definition) is 2. The lowest BCUT2D eigenvalue weighted by atomic mass is 10.0. The molecule has 1 amide bonds. The first kappa shape index (κ1) is 11.5. The van der Waals surface area contributed by atoms with Crippen molar-refractivity contribution in [2.45, 2.75) is 44.7 Å². The number of aryl methyl sites for hydroxylation is 1. The highest BCUT2D eigenvalue weighted by Crippen LogP contribution is 2.55. The van der Waals surface area contributed by atoms with E-state index in [4.69, 9.17) is 0 Å². The van der Waals surface area contributed by atoms with Gasteiger partial charge in [0.25, 0.3) is 0 Å². The maximum absolute atomic E-state index is 12.7. The van der Waals surface area contributed by atoms with Gasteiger partial charge >= 0.3 is 0 Å². The fraction of sp³-hybridized carbons (Fsp3) is 0.733. The van der Waals surface area contributed by atoms with Crippen LogP contribution in [0, 0.1) is 17.8 Å². The molecule has 0 saturated heterocycles. The Balaban J connectivity index is 1.48. The van der Waals surface area contributed by atoms with Gasteiger partial charge in [-0.25, -0.2) is 4.98 Å². The molecule has 3 fully saturated rings. The Morgan fingerprint density at radius 2 is 2.11 bits per heavy atom. The summed E-state index contributed by atoms with van der Waals surface area (Å²) in [6, 6.07) is 0.487. The van der Waals surface area contributed by atoms with Crippen LogP contribution < -0.4 is 0 Å². The standard InChI is InChI=1S/C15H21N3O/c1-17-5-4-16-14(17)9-18(13-2-3-13)15(19)12-7-10-6-11(10)8-12/h4-5,10-13H,2-3,6-9H2,1H3. The number of amides is 1. The third-order valence-corrected chi connectivity index (χ3v) is 5.10. The molecule has 2 atom stereocenters. The largest absolute Gasteiger partial charge is 0.337 e. The molecule has 4 heteroatoms. The van der Waals surface area contributed by atoms with Gasteiger partial charge in [0, 0.05) is 31.4 Å². The van der Waals surface area contributed by atoms with Gasteiger partial charge in [-0.05, 0) is 43.9 Å². The van der Waals surface area contributed by atoms with Gasteiger partial charge < -0.3 is 9.47 Å². The number of hydrogen-bond donors (Lipinski definition) is 0. The third-order valence-electron chi connectivity index (χ3n) is 5.10. The fourth-order valence-corrected chi connectivity index (χ4v) is 3.63. The van der Waals surface area contributed by atoms with Gasteiger partial charge in [-0.1, -0.05) is 0 Å². The van der Waals surface area contributed by atoms with Gasteiger partial charge in [0.05, 0.1) is 6.54 Å². The monoisotopic (exact) mass is 259 g/mol. The highest BCUT2D eigenvalue weighted by Gasteiger charge is 2.50. The van der Waals surface area contributed by atoms with E-state index < -0.39 is 0 Å². The molecule has 4 rings (SSSR count). The van der Waals surface area contributed by atoms with Crippen LogP contribution in [0.15, 0.2) is 12.4 Å². The van der Waals surface area contributed by atoms with E-state index in [2.05, 4.69) is 9.88 Å². The smallest absolute Gasteiger partial charge is 0.226 e. The molecule has 0 N–H and O–H groups in total. The van der Waals surface area contributed by atoms with E-state index in [9.17, 15) is 4.79 Å². The van der Waals surface area contributed by atoms with E-state index >= 15 is 0 Å². The van der Waals surface area contributed by atoms with Crippen molar-refractivity contribution in [3.05, 3.63) is 18.2 Å². The lowest BCUT2D eigenvalue weighted by Gasteiger charge is -2.26. The predicted molar refractivity (Wildman–Crippen MR) is 71.1 cm³/mol. The fourth-order valence-electron chi connectivity index (χ4n) is 3.63. The first-order valence-electron chi connectivity index (χ1n) is 7.49. The second-order valence-corrected chi connectivity index (χ2v) is 6.58. The third kappa shape index (κ3) is 2.07. The van der Waals surface area contributed by atoms with Crippen molar-refractivity contribution in [3.63, 3.8) is 0 Å². The minimum absolute atomic E-state index is 0.310. The molecule has 0 aromatic carbocycles. The van der Waals surface area contributed by atoms with Crippen molar-refractivity contribution in [3.8, 4) is 0 Å². The van der Waals surface area contributed by atoms with Crippen molar-refractivity contribution in [1.29, 1.82) is 0 Å². The van der Waals surface area contributed by atoms with Crippen LogP contribution in [0.4, 0.5) is 0 Å². The number of carbonyl (C=O) groups excluding carboxylic acids is 1. The van der Waals surface area contributed by atoms with Crippen molar-refractivity contribution in [2.75, 3.05) is 0 Å². The summed E-state index contributed by atoms with van der Waals surface area (Å²) in [5, 5.41) is 0. The quantitative estimate of drug-likeness (QED) is 0.829. The molecular formula is C15H21N3O. The molecular weight excluding hydrogens is 238 g/mol. The Kier molecular flexibility index (Phi) is 2.47. The van der Waals surface area contributed by atoms with Crippen LogP contribution >= 0.6 is 0 Å². The number of fused-ring (bicyclic) bond motifs is 1. The van der Waals surface area contributed by atoms with Gasteiger partial charge in [0.1, 0.15) is 5.82 Å². The SMILES string of the molecule is Cn1ccnc1CN(C(=O)C1CC2CC2C1)C1CC1. The van der Waals surface area contributed by atoms with Crippen LogP contribution in [0.3, 0.4) is 0 Å². The van der Waals surface area contributed by atoms with Crippen LogP contribution in [0.5, 0.6) is 0 Å². The lowest BCUT2D eigenvalue weighted by molar-refractivity contribution is -0.137. The summed E-state index contributed by atoms with van der Waals surface area (Å²) in [6.45, 7) is 0.693. The molecule has 102 valence electrons. The molecule has 19 heavy (non-hydrogen) atoms. The second kappa shape index (κ2) is 4.09. The number of carbonyl (C=O) groups is 1. The van der Waals surface area contributed by atoms with Gasteiger partial charge in [0.2, 0.25) is 5.91 Å². The molecule has 0 spiro atoms. The van der Waals surface area contributed by atoms with Gasteiger partial charge in [0.15, 0.2) is 0 Å². The highest BCUT2D eigenvalue weighted by molar-refractivity contribution is 5.80. The first-order valence-corrected chi connectivity index (χ1v) is 7.49. The Morgan fingerprint density at radius 3 is 2.68 bits per heavy atom. The van der Waals surface area contributed by atoms with Crippen LogP contribution in [0.1, 0.15) is 37.9 Å². The Labute approximate surface area is 113 Å². The summed E-state index contributed by atoms with van der Waals surface area (Å²) >= 11 is 0. The van der Waals surface area contributed by atoms with Gasteiger partial charge in [-0.3, -0.25) is 4.79 Å². The van der Waals surface area contributed by atoms with Crippen LogP contribution in [-0.2, 0) is 18.4 Å². The average Bonchev–Trinajstić information content (AvgIpc) is 3.31. The molecule has 3 aliphatic rings. The van der Waals surface area contributed by atoms with E-state index in [1.165, 1.54) is 19.3 Å². The summed E-state index contributed by atoms with van der Waals surface area (Å²) in [7, 11) is 2.00. The molecule has 1 aromatic rings. The molecule has 1 aromatic heterocycles. The molecule has 1 heterocycles. The zero-order chi connectivity index (χ0) is 13.0.